The maximum absolute atomic E-state index is 11.5. The fourth-order valence-corrected chi connectivity index (χ4v) is 1.97. The van der Waals surface area contributed by atoms with E-state index < -0.39 is 0 Å². The number of thioether (sulfide) groups is 1. The molecule has 1 amide bonds. The number of benzene rings is 1. The minimum Gasteiger partial charge on any atom is -0.325 e. The number of hydrogen-bond acceptors (Lipinski definition) is 2. The van der Waals surface area contributed by atoms with Gasteiger partial charge in [-0.25, -0.2) is 0 Å². The maximum Gasteiger partial charge on any atom is 0.224 e. The smallest absolute Gasteiger partial charge is 0.224 e. The van der Waals surface area contributed by atoms with Gasteiger partial charge in [0.15, 0.2) is 0 Å². The molecule has 0 saturated heterocycles. The summed E-state index contributed by atoms with van der Waals surface area (Å²) in [7, 11) is 0. The fourth-order valence-electron chi connectivity index (χ4n) is 1.15. The summed E-state index contributed by atoms with van der Waals surface area (Å²) in [6.45, 7) is 0. The van der Waals surface area contributed by atoms with Crippen LogP contribution in [0.15, 0.2) is 28.7 Å². The molecule has 0 saturated carbocycles. The summed E-state index contributed by atoms with van der Waals surface area (Å²) in [5.41, 5.74) is 0.839. The monoisotopic (exact) mass is 287 g/mol. The first-order valence-corrected chi connectivity index (χ1v) is 6.96. The summed E-state index contributed by atoms with van der Waals surface area (Å²) in [5.74, 6) is 1.11. The highest BCUT2D eigenvalue weighted by atomic mass is 79.9. The molecule has 0 bridgehead atoms. The standard InChI is InChI=1S/C11H14BrNOS/c1-15-8-4-7-11(14)13-10-6-3-2-5-9(10)12/h2-3,5-6H,4,7-8H2,1H3,(H,13,14). The molecule has 0 aromatic heterocycles. The van der Waals surface area contributed by atoms with Crippen molar-refractivity contribution < 1.29 is 4.79 Å². The zero-order chi connectivity index (χ0) is 11.1. The van der Waals surface area contributed by atoms with Crippen molar-refractivity contribution >= 4 is 39.3 Å². The first-order chi connectivity index (χ1) is 7.24. The van der Waals surface area contributed by atoms with Gasteiger partial charge in [-0.15, -0.1) is 0 Å². The predicted molar refractivity (Wildman–Crippen MR) is 70.4 cm³/mol. The van der Waals surface area contributed by atoms with E-state index in [0.717, 1.165) is 22.3 Å². The Balaban J connectivity index is 2.41. The SMILES string of the molecule is CSCCCC(=O)Nc1ccccc1Br. The molecule has 0 spiro atoms. The Hall–Kier alpha value is -0.480. The second-order valence-corrected chi connectivity index (χ2v) is 4.96. The fraction of sp³-hybridized carbons (Fsp3) is 0.364. The number of para-hydroxylation sites is 1. The maximum atomic E-state index is 11.5. The average molecular weight is 288 g/mol. The zero-order valence-corrected chi connectivity index (χ0v) is 11.0. The number of hydrogen-bond donors (Lipinski definition) is 1. The zero-order valence-electron chi connectivity index (χ0n) is 8.63. The molecule has 4 heteroatoms. The molecule has 0 fully saturated rings. The third-order valence-electron chi connectivity index (χ3n) is 1.90. The number of nitrogens with one attached hydrogen (secondary N) is 1. The molecule has 0 radical (unpaired) electrons. The minimum atomic E-state index is 0.0796. The highest BCUT2D eigenvalue weighted by Gasteiger charge is 2.03. The summed E-state index contributed by atoms with van der Waals surface area (Å²) >= 11 is 5.15. The number of carbonyl (C=O) groups excluding carboxylic acids is 1. The molecular formula is C11H14BrNOS. The summed E-state index contributed by atoms with van der Waals surface area (Å²) < 4.78 is 0.920. The Morgan fingerprint density at radius 2 is 2.20 bits per heavy atom. The van der Waals surface area contributed by atoms with Crippen LogP contribution in [0.25, 0.3) is 0 Å². The van der Waals surface area contributed by atoms with Gasteiger partial charge in [0.2, 0.25) is 5.91 Å². The summed E-state index contributed by atoms with van der Waals surface area (Å²) in [6, 6.07) is 7.63. The van der Waals surface area contributed by atoms with E-state index in [2.05, 4.69) is 21.2 Å². The molecule has 15 heavy (non-hydrogen) atoms. The van der Waals surface area contributed by atoms with Crippen LogP contribution in [0.3, 0.4) is 0 Å². The molecule has 0 atom stereocenters. The van der Waals surface area contributed by atoms with Crippen molar-refractivity contribution in [3.8, 4) is 0 Å². The Morgan fingerprint density at radius 3 is 2.87 bits per heavy atom. The van der Waals surface area contributed by atoms with E-state index in [4.69, 9.17) is 0 Å². The third kappa shape index (κ3) is 4.71. The van der Waals surface area contributed by atoms with E-state index in [0.29, 0.717) is 6.42 Å². The van der Waals surface area contributed by atoms with Crippen molar-refractivity contribution in [2.45, 2.75) is 12.8 Å². The number of halogens is 1. The first kappa shape index (κ1) is 12.6. The molecule has 1 aromatic rings. The van der Waals surface area contributed by atoms with Gasteiger partial charge in [0.1, 0.15) is 0 Å². The Labute approximate surface area is 103 Å². The molecule has 82 valence electrons. The van der Waals surface area contributed by atoms with Gasteiger partial charge < -0.3 is 5.32 Å². The van der Waals surface area contributed by atoms with Gasteiger partial charge in [0.25, 0.3) is 0 Å². The topological polar surface area (TPSA) is 29.1 Å². The molecular weight excluding hydrogens is 274 g/mol. The molecule has 1 N–H and O–H groups in total. The van der Waals surface area contributed by atoms with Crippen molar-refractivity contribution in [2.75, 3.05) is 17.3 Å². The van der Waals surface area contributed by atoms with Gasteiger partial charge in [-0.3, -0.25) is 4.79 Å². The highest BCUT2D eigenvalue weighted by molar-refractivity contribution is 9.10. The number of amides is 1. The van der Waals surface area contributed by atoms with E-state index >= 15 is 0 Å². The van der Waals surface area contributed by atoms with Crippen molar-refractivity contribution in [3.63, 3.8) is 0 Å². The van der Waals surface area contributed by atoms with Crippen molar-refractivity contribution in [1.29, 1.82) is 0 Å². The lowest BCUT2D eigenvalue weighted by atomic mass is 10.3. The van der Waals surface area contributed by atoms with Gasteiger partial charge in [0.05, 0.1) is 5.69 Å². The van der Waals surface area contributed by atoms with E-state index in [1.54, 1.807) is 11.8 Å². The van der Waals surface area contributed by atoms with Crippen LogP contribution >= 0.6 is 27.7 Å². The Kier molecular flexibility index (Phi) is 5.79. The Morgan fingerprint density at radius 1 is 1.47 bits per heavy atom. The summed E-state index contributed by atoms with van der Waals surface area (Å²) in [5, 5.41) is 2.87. The lowest BCUT2D eigenvalue weighted by Gasteiger charge is -2.06. The van der Waals surface area contributed by atoms with Gasteiger partial charge in [0, 0.05) is 10.9 Å². The van der Waals surface area contributed by atoms with E-state index in [1.165, 1.54) is 0 Å². The predicted octanol–water partition coefficient (Wildman–Crippen LogP) is 3.53. The second kappa shape index (κ2) is 6.90. The summed E-state index contributed by atoms with van der Waals surface area (Å²) in [4.78, 5) is 11.5. The van der Waals surface area contributed by atoms with Crippen LogP contribution in [0, 0.1) is 0 Å². The van der Waals surface area contributed by atoms with Crippen LogP contribution in [0.4, 0.5) is 5.69 Å². The molecule has 0 aliphatic heterocycles. The van der Waals surface area contributed by atoms with E-state index in [1.807, 2.05) is 30.5 Å². The van der Waals surface area contributed by atoms with Crippen LogP contribution < -0.4 is 5.32 Å². The van der Waals surface area contributed by atoms with Crippen molar-refractivity contribution in [1.82, 2.24) is 0 Å². The van der Waals surface area contributed by atoms with E-state index in [9.17, 15) is 4.79 Å². The number of anilines is 1. The Bertz CT molecular complexity index is 330. The van der Waals surface area contributed by atoms with Gasteiger partial charge in [-0.1, -0.05) is 12.1 Å². The largest absolute Gasteiger partial charge is 0.325 e. The molecule has 1 rings (SSSR count). The third-order valence-corrected chi connectivity index (χ3v) is 3.29. The molecule has 0 heterocycles. The highest BCUT2D eigenvalue weighted by Crippen LogP contribution is 2.21. The molecule has 0 unspecified atom stereocenters. The van der Waals surface area contributed by atoms with Crippen molar-refractivity contribution in [3.05, 3.63) is 28.7 Å². The van der Waals surface area contributed by atoms with Gasteiger partial charge in [-0.2, -0.15) is 11.8 Å². The molecule has 1 aromatic carbocycles. The van der Waals surface area contributed by atoms with Gasteiger partial charge in [-0.05, 0) is 46.5 Å². The normalized spacial score (nSPS) is 10.0. The lowest BCUT2D eigenvalue weighted by molar-refractivity contribution is -0.116. The molecule has 0 aliphatic rings. The van der Waals surface area contributed by atoms with Crippen LogP contribution in [0.1, 0.15) is 12.8 Å². The average Bonchev–Trinajstić information content (AvgIpc) is 2.22. The number of carbonyl (C=O) groups is 1. The van der Waals surface area contributed by atoms with Crippen LogP contribution in [-0.2, 0) is 4.79 Å². The minimum absolute atomic E-state index is 0.0796. The molecule has 2 nitrogen and oxygen atoms in total. The summed E-state index contributed by atoms with van der Waals surface area (Å²) in [6.07, 6.45) is 3.56. The van der Waals surface area contributed by atoms with Crippen LogP contribution in [0.2, 0.25) is 0 Å². The van der Waals surface area contributed by atoms with Crippen LogP contribution in [0.5, 0.6) is 0 Å². The van der Waals surface area contributed by atoms with Crippen molar-refractivity contribution in [2.24, 2.45) is 0 Å². The quantitative estimate of drug-likeness (QED) is 0.840. The second-order valence-electron chi connectivity index (χ2n) is 3.12. The molecule has 0 aliphatic carbocycles. The lowest BCUT2D eigenvalue weighted by Crippen LogP contribution is -2.11. The van der Waals surface area contributed by atoms with Gasteiger partial charge >= 0.3 is 0 Å². The number of rotatable bonds is 5. The van der Waals surface area contributed by atoms with E-state index in [-0.39, 0.29) is 5.91 Å². The van der Waals surface area contributed by atoms with Crippen LogP contribution in [-0.4, -0.2) is 17.9 Å². The first-order valence-electron chi connectivity index (χ1n) is 4.77.